The van der Waals surface area contributed by atoms with E-state index in [0.717, 1.165) is 29.7 Å². The highest BCUT2D eigenvalue weighted by Crippen LogP contribution is 2.34. The van der Waals surface area contributed by atoms with Crippen LogP contribution in [0.15, 0.2) is 35.0 Å². The number of aromatic nitrogens is 4. The summed E-state index contributed by atoms with van der Waals surface area (Å²) in [5.41, 5.74) is 3.39. The Labute approximate surface area is 153 Å². The number of rotatable bonds is 5. The molecular weight excluding hydrogens is 356 g/mol. The molecule has 1 aliphatic rings. The first-order valence-electron chi connectivity index (χ1n) is 8.52. The van der Waals surface area contributed by atoms with Crippen LogP contribution in [0.25, 0.3) is 11.4 Å². The van der Waals surface area contributed by atoms with Crippen LogP contribution in [0, 0.1) is 0 Å². The van der Waals surface area contributed by atoms with E-state index in [1.54, 1.807) is 24.0 Å². The molecule has 7 nitrogen and oxygen atoms in total. The first-order chi connectivity index (χ1) is 13.0. The normalized spacial score (nSPS) is 15.9. The molecule has 0 bridgehead atoms. The van der Waals surface area contributed by atoms with E-state index in [1.807, 2.05) is 18.2 Å². The average molecular weight is 373 g/mol. The van der Waals surface area contributed by atoms with Crippen molar-refractivity contribution in [1.29, 1.82) is 0 Å². The number of carbonyl (C=O) groups is 1. The highest BCUT2D eigenvalue weighted by Gasteiger charge is 2.25. The number of halogens is 2. The second-order valence-corrected chi connectivity index (χ2v) is 6.49. The fraction of sp³-hybridized carbons (Fsp3) is 0.333. The van der Waals surface area contributed by atoms with Gasteiger partial charge in [0.25, 0.3) is 5.89 Å². The Morgan fingerprint density at radius 1 is 1.41 bits per heavy atom. The number of nitrogens with one attached hydrogen (secondary N) is 1. The molecule has 27 heavy (non-hydrogen) atoms. The van der Waals surface area contributed by atoms with Gasteiger partial charge in [0.15, 0.2) is 0 Å². The van der Waals surface area contributed by atoms with Crippen molar-refractivity contribution >= 4 is 5.91 Å². The van der Waals surface area contributed by atoms with Crippen LogP contribution in [-0.2, 0) is 24.7 Å². The topological polar surface area (TPSA) is 85.8 Å². The molecule has 0 unspecified atom stereocenters. The van der Waals surface area contributed by atoms with Crippen molar-refractivity contribution in [2.45, 2.75) is 31.7 Å². The quantitative estimate of drug-likeness (QED) is 0.743. The molecule has 1 N–H and O–H groups in total. The van der Waals surface area contributed by atoms with Crippen LogP contribution in [0.1, 0.15) is 41.6 Å². The maximum absolute atomic E-state index is 12.6. The molecule has 0 aliphatic heterocycles. The zero-order valence-electron chi connectivity index (χ0n) is 14.5. The largest absolute Gasteiger partial charge is 0.349 e. The van der Waals surface area contributed by atoms with Gasteiger partial charge in [-0.15, -0.1) is 0 Å². The van der Waals surface area contributed by atoms with Crippen LogP contribution >= 0.6 is 0 Å². The zero-order valence-corrected chi connectivity index (χ0v) is 14.5. The minimum Gasteiger partial charge on any atom is -0.349 e. The van der Waals surface area contributed by atoms with Crippen molar-refractivity contribution in [2.75, 3.05) is 0 Å². The SMILES string of the molecule is Cn1ccc(CC(=O)N[C@@H]2CCc3cc(-c4noc(C(F)F)n4)ccc32)n1. The van der Waals surface area contributed by atoms with Crippen molar-refractivity contribution in [3.63, 3.8) is 0 Å². The summed E-state index contributed by atoms with van der Waals surface area (Å²) in [5.74, 6) is -0.642. The molecule has 4 rings (SSSR count). The van der Waals surface area contributed by atoms with Crippen LogP contribution in [0.5, 0.6) is 0 Å². The fourth-order valence-electron chi connectivity index (χ4n) is 3.31. The summed E-state index contributed by atoms with van der Waals surface area (Å²) in [4.78, 5) is 16.0. The zero-order chi connectivity index (χ0) is 19.0. The van der Waals surface area contributed by atoms with Crippen LogP contribution in [0.2, 0.25) is 0 Å². The van der Waals surface area contributed by atoms with Crippen molar-refractivity contribution < 1.29 is 18.1 Å². The molecule has 0 saturated heterocycles. The number of benzene rings is 1. The lowest BCUT2D eigenvalue weighted by Crippen LogP contribution is -2.28. The monoisotopic (exact) mass is 373 g/mol. The van der Waals surface area contributed by atoms with E-state index in [2.05, 4.69) is 25.1 Å². The van der Waals surface area contributed by atoms with Crippen molar-refractivity contribution in [2.24, 2.45) is 7.05 Å². The summed E-state index contributed by atoms with van der Waals surface area (Å²) in [7, 11) is 1.81. The summed E-state index contributed by atoms with van der Waals surface area (Å²) < 4.78 is 31.4. The average Bonchev–Trinajstić information content (AvgIpc) is 3.35. The second kappa shape index (κ2) is 6.90. The predicted octanol–water partition coefficient (Wildman–Crippen LogP) is 2.75. The van der Waals surface area contributed by atoms with E-state index in [9.17, 15) is 13.6 Å². The standard InChI is InChI=1S/C18H17F2N5O2/c1-25-7-6-12(23-25)9-15(26)21-14-5-3-10-8-11(2-4-13(10)14)17-22-18(16(19)20)27-24-17/h2,4,6-8,14,16H,3,5,9H2,1H3,(H,21,26)/t14-/m1/s1. The van der Waals surface area contributed by atoms with Gasteiger partial charge in [-0.2, -0.15) is 18.9 Å². The molecular formula is C18H17F2N5O2. The van der Waals surface area contributed by atoms with E-state index in [4.69, 9.17) is 0 Å². The number of hydrogen-bond donors (Lipinski definition) is 1. The summed E-state index contributed by atoms with van der Waals surface area (Å²) >= 11 is 0. The van der Waals surface area contributed by atoms with Gasteiger partial charge in [0.05, 0.1) is 18.2 Å². The molecule has 1 aliphatic carbocycles. The Balaban J connectivity index is 1.46. The molecule has 0 saturated carbocycles. The van der Waals surface area contributed by atoms with E-state index < -0.39 is 12.3 Å². The number of amides is 1. The Bertz CT molecular complexity index is 982. The molecule has 0 radical (unpaired) electrons. The molecule has 9 heteroatoms. The van der Waals surface area contributed by atoms with Gasteiger partial charge in [0.1, 0.15) is 0 Å². The van der Waals surface area contributed by atoms with E-state index in [1.165, 1.54) is 0 Å². The van der Waals surface area contributed by atoms with Crippen molar-refractivity contribution in [3.05, 3.63) is 53.2 Å². The van der Waals surface area contributed by atoms with Gasteiger partial charge >= 0.3 is 6.43 Å². The third kappa shape index (κ3) is 3.57. The third-order valence-electron chi connectivity index (χ3n) is 4.55. The van der Waals surface area contributed by atoms with Gasteiger partial charge < -0.3 is 9.84 Å². The first-order valence-corrected chi connectivity index (χ1v) is 8.52. The number of alkyl halides is 2. The van der Waals surface area contributed by atoms with Crippen LogP contribution in [-0.4, -0.2) is 25.8 Å². The van der Waals surface area contributed by atoms with Gasteiger partial charge in [0.2, 0.25) is 11.7 Å². The lowest BCUT2D eigenvalue weighted by Gasteiger charge is -2.14. The minimum atomic E-state index is -2.79. The number of carbonyl (C=O) groups excluding carboxylic acids is 1. The lowest BCUT2D eigenvalue weighted by molar-refractivity contribution is -0.121. The molecule has 3 aromatic rings. The highest BCUT2D eigenvalue weighted by atomic mass is 19.3. The van der Waals surface area contributed by atoms with Crippen molar-refractivity contribution in [3.8, 4) is 11.4 Å². The smallest absolute Gasteiger partial charge is 0.315 e. The van der Waals surface area contributed by atoms with Gasteiger partial charge in [-0.1, -0.05) is 17.3 Å². The number of nitrogens with zero attached hydrogens (tertiary/aromatic N) is 4. The summed E-state index contributed by atoms with van der Waals surface area (Å²) in [5, 5.41) is 10.8. The Morgan fingerprint density at radius 3 is 2.96 bits per heavy atom. The molecule has 1 amide bonds. The van der Waals surface area contributed by atoms with E-state index >= 15 is 0 Å². The maximum Gasteiger partial charge on any atom is 0.315 e. The summed E-state index contributed by atoms with van der Waals surface area (Å²) in [6.07, 6.45) is 0.786. The van der Waals surface area contributed by atoms with E-state index in [0.29, 0.717) is 5.56 Å². The first kappa shape index (κ1) is 17.3. The fourth-order valence-corrected chi connectivity index (χ4v) is 3.31. The number of hydrogen-bond acceptors (Lipinski definition) is 5. The third-order valence-corrected chi connectivity index (χ3v) is 4.55. The number of fused-ring (bicyclic) bond motifs is 1. The lowest BCUT2D eigenvalue weighted by atomic mass is 10.0. The molecule has 2 aromatic heterocycles. The molecule has 0 spiro atoms. The van der Waals surface area contributed by atoms with Crippen molar-refractivity contribution in [1.82, 2.24) is 25.2 Å². The summed E-state index contributed by atoms with van der Waals surface area (Å²) in [6, 6.07) is 7.23. The molecule has 1 atom stereocenters. The Hall–Kier alpha value is -3.10. The Kier molecular flexibility index (Phi) is 4.43. The van der Waals surface area contributed by atoms with Gasteiger partial charge in [0, 0.05) is 18.8 Å². The van der Waals surface area contributed by atoms with Crippen LogP contribution < -0.4 is 5.32 Å². The second-order valence-electron chi connectivity index (χ2n) is 6.49. The predicted molar refractivity (Wildman–Crippen MR) is 90.8 cm³/mol. The molecule has 2 heterocycles. The number of aryl methyl sites for hydroxylation is 2. The van der Waals surface area contributed by atoms with Crippen LogP contribution in [0.3, 0.4) is 0 Å². The Morgan fingerprint density at radius 2 is 2.26 bits per heavy atom. The maximum atomic E-state index is 12.6. The van der Waals surface area contributed by atoms with Gasteiger partial charge in [-0.25, -0.2) is 0 Å². The molecule has 0 fully saturated rings. The van der Waals surface area contributed by atoms with Gasteiger partial charge in [-0.05, 0) is 36.1 Å². The minimum absolute atomic E-state index is 0.0767. The van der Waals surface area contributed by atoms with E-state index in [-0.39, 0.29) is 24.2 Å². The van der Waals surface area contributed by atoms with Gasteiger partial charge in [-0.3, -0.25) is 9.48 Å². The van der Waals surface area contributed by atoms with Crippen LogP contribution in [0.4, 0.5) is 8.78 Å². The molecule has 1 aromatic carbocycles. The molecule has 140 valence electrons. The highest BCUT2D eigenvalue weighted by molar-refractivity contribution is 5.78. The summed E-state index contributed by atoms with van der Waals surface area (Å²) in [6.45, 7) is 0.